The SMILES string of the molecule is COc1ccc(S(=O)(=O)Nc2nc(CC(=O)Nc3ccc(C)c(C)c3)cs2)cc1. The summed E-state index contributed by atoms with van der Waals surface area (Å²) in [5, 5.41) is 4.69. The van der Waals surface area contributed by atoms with Crippen LogP contribution in [0.3, 0.4) is 0 Å². The lowest BCUT2D eigenvalue weighted by atomic mass is 10.1. The molecule has 152 valence electrons. The fourth-order valence-corrected chi connectivity index (χ4v) is 4.52. The minimum atomic E-state index is -3.77. The maximum absolute atomic E-state index is 12.5. The summed E-state index contributed by atoms with van der Waals surface area (Å²) in [6.07, 6.45) is 0.0493. The topological polar surface area (TPSA) is 97.4 Å². The lowest BCUT2D eigenvalue weighted by Crippen LogP contribution is -2.15. The molecular weight excluding hydrogens is 410 g/mol. The average Bonchev–Trinajstić information content (AvgIpc) is 3.10. The van der Waals surface area contributed by atoms with E-state index < -0.39 is 10.0 Å². The Morgan fingerprint density at radius 2 is 1.83 bits per heavy atom. The van der Waals surface area contributed by atoms with Gasteiger partial charge in [0.25, 0.3) is 10.0 Å². The van der Waals surface area contributed by atoms with Gasteiger partial charge in [0.1, 0.15) is 5.75 Å². The second-order valence-electron chi connectivity index (χ2n) is 6.45. The number of methoxy groups -OCH3 is 1. The number of sulfonamides is 1. The highest BCUT2D eigenvalue weighted by atomic mass is 32.2. The first kappa shape index (κ1) is 20.8. The van der Waals surface area contributed by atoms with Gasteiger partial charge in [0.05, 0.1) is 24.1 Å². The Balaban J connectivity index is 1.63. The zero-order valence-corrected chi connectivity index (χ0v) is 17.9. The van der Waals surface area contributed by atoms with Crippen molar-refractivity contribution in [3.05, 3.63) is 64.7 Å². The predicted octanol–water partition coefficient (Wildman–Crippen LogP) is 3.75. The highest BCUT2D eigenvalue weighted by Crippen LogP contribution is 2.22. The third kappa shape index (κ3) is 5.33. The van der Waals surface area contributed by atoms with Gasteiger partial charge >= 0.3 is 0 Å². The first-order valence-electron chi connectivity index (χ1n) is 8.75. The van der Waals surface area contributed by atoms with Crippen molar-refractivity contribution in [3.8, 4) is 5.75 Å². The first-order valence-corrected chi connectivity index (χ1v) is 11.1. The maximum atomic E-state index is 12.5. The average molecular weight is 432 g/mol. The molecule has 2 N–H and O–H groups in total. The Morgan fingerprint density at radius 1 is 1.10 bits per heavy atom. The van der Waals surface area contributed by atoms with Gasteiger partial charge < -0.3 is 10.1 Å². The minimum Gasteiger partial charge on any atom is -0.497 e. The van der Waals surface area contributed by atoms with Crippen LogP contribution in [0.15, 0.2) is 52.7 Å². The third-order valence-electron chi connectivity index (χ3n) is 4.28. The number of benzene rings is 2. The van der Waals surface area contributed by atoms with E-state index in [1.807, 2.05) is 32.0 Å². The lowest BCUT2D eigenvalue weighted by molar-refractivity contribution is -0.115. The molecular formula is C20H21N3O4S2. The number of hydrogen-bond donors (Lipinski definition) is 2. The first-order chi connectivity index (χ1) is 13.8. The van der Waals surface area contributed by atoms with Crippen LogP contribution in [0.25, 0.3) is 0 Å². The molecule has 0 saturated heterocycles. The quantitative estimate of drug-likeness (QED) is 0.594. The summed E-state index contributed by atoms with van der Waals surface area (Å²) >= 11 is 1.13. The second kappa shape index (κ2) is 8.62. The summed E-state index contributed by atoms with van der Waals surface area (Å²) in [6, 6.07) is 11.7. The van der Waals surface area contributed by atoms with Crippen LogP contribution < -0.4 is 14.8 Å². The van der Waals surface area contributed by atoms with E-state index in [9.17, 15) is 13.2 Å². The van der Waals surface area contributed by atoms with Crippen LogP contribution in [0, 0.1) is 13.8 Å². The molecule has 0 atom stereocenters. The van der Waals surface area contributed by atoms with Gasteiger partial charge in [-0.15, -0.1) is 11.3 Å². The molecule has 1 amide bonds. The van der Waals surface area contributed by atoms with Crippen LogP contribution in [0.2, 0.25) is 0 Å². The number of thiazole rings is 1. The van der Waals surface area contributed by atoms with Gasteiger partial charge in [-0.25, -0.2) is 13.4 Å². The van der Waals surface area contributed by atoms with Gasteiger partial charge in [0.2, 0.25) is 5.91 Å². The second-order valence-corrected chi connectivity index (χ2v) is 8.99. The number of carbonyl (C=O) groups excluding carboxylic acids is 1. The zero-order valence-electron chi connectivity index (χ0n) is 16.2. The van der Waals surface area contributed by atoms with Gasteiger partial charge in [0, 0.05) is 11.1 Å². The molecule has 0 aliphatic carbocycles. The standard InChI is InChI=1S/C20H21N3O4S2/c1-13-4-5-15(10-14(13)2)21-19(24)11-16-12-28-20(22-16)23-29(25,26)18-8-6-17(27-3)7-9-18/h4-10,12H,11H2,1-3H3,(H,21,24)(H,22,23). The van der Waals surface area contributed by atoms with Crippen LogP contribution in [0.4, 0.5) is 10.8 Å². The molecule has 2 aromatic carbocycles. The predicted molar refractivity (Wildman–Crippen MR) is 114 cm³/mol. The summed E-state index contributed by atoms with van der Waals surface area (Å²) in [6.45, 7) is 3.98. The Bertz CT molecular complexity index is 1120. The molecule has 0 fully saturated rings. The smallest absolute Gasteiger partial charge is 0.263 e. The molecule has 3 aromatic rings. The molecule has 1 heterocycles. The number of rotatable bonds is 7. The molecule has 0 unspecified atom stereocenters. The molecule has 9 heteroatoms. The third-order valence-corrected chi connectivity index (χ3v) is 6.57. The Kier molecular flexibility index (Phi) is 6.19. The maximum Gasteiger partial charge on any atom is 0.263 e. The van der Waals surface area contributed by atoms with E-state index >= 15 is 0 Å². The summed E-state index contributed by atoms with van der Waals surface area (Å²) in [4.78, 5) is 16.6. The summed E-state index contributed by atoms with van der Waals surface area (Å²) < 4.78 is 32.4. The molecule has 0 bridgehead atoms. The number of nitrogens with one attached hydrogen (secondary N) is 2. The lowest BCUT2D eigenvalue weighted by Gasteiger charge is -2.07. The van der Waals surface area contributed by atoms with E-state index in [-0.39, 0.29) is 22.4 Å². The minimum absolute atomic E-state index is 0.0493. The van der Waals surface area contributed by atoms with E-state index in [0.717, 1.165) is 22.5 Å². The van der Waals surface area contributed by atoms with Crippen molar-refractivity contribution in [3.63, 3.8) is 0 Å². The van der Waals surface area contributed by atoms with Crippen LogP contribution in [-0.2, 0) is 21.2 Å². The van der Waals surface area contributed by atoms with E-state index in [4.69, 9.17) is 4.74 Å². The number of ether oxygens (including phenoxy) is 1. The van der Waals surface area contributed by atoms with Crippen molar-refractivity contribution in [1.82, 2.24) is 4.98 Å². The largest absolute Gasteiger partial charge is 0.497 e. The number of aryl methyl sites for hydroxylation is 2. The molecule has 29 heavy (non-hydrogen) atoms. The van der Waals surface area contributed by atoms with Crippen LogP contribution >= 0.6 is 11.3 Å². The van der Waals surface area contributed by atoms with Gasteiger partial charge in [-0.1, -0.05) is 6.07 Å². The molecule has 3 rings (SSSR count). The van der Waals surface area contributed by atoms with Crippen molar-refractivity contribution in [2.45, 2.75) is 25.2 Å². The highest BCUT2D eigenvalue weighted by Gasteiger charge is 2.17. The Hall–Kier alpha value is -2.91. The number of carbonyl (C=O) groups is 1. The van der Waals surface area contributed by atoms with Gasteiger partial charge in [-0.2, -0.15) is 0 Å². The van der Waals surface area contributed by atoms with Gasteiger partial charge in [-0.05, 0) is 61.4 Å². The van der Waals surface area contributed by atoms with E-state index in [1.54, 1.807) is 17.5 Å². The molecule has 0 saturated carbocycles. The number of nitrogens with zero attached hydrogens (tertiary/aromatic N) is 1. The molecule has 0 spiro atoms. The van der Waals surface area contributed by atoms with E-state index in [1.165, 1.54) is 19.2 Å². The van der Waals surface area contributed by atoms with Crippen molar-refractivity contribution >= 4 is 38.1 Å². The van der Waals surface area contributed by atoms with E-state index in [2.05, 4.69) is 15.0 Å². The van der Waals surface area contributed by atoms with Gasteiger partial charge in [-0.3, -0.25) is 9.52 Å². The number of aromatic nitrogens is 1. The van der Waals surface area contributed by atoms with Gasteiger partial charge in [0.15, 0.2) is 5.13 Å². The number of amides is 1. The number of anilines is 2. The normalized spacial score (nSPS) is 11.1. The molecule has 0 aliphatic heterocycles. The van der Waals surface area contributed by atoms with Crippen molar-refractivity contribution in [1.29, 1.82) is 0 Å². The molecule has 1 aromatic heterocycles. The molecule has 0 aliphatic rings. The van der Waals surface area contributed by atoms with Crippen molar-refractivity contribution < 1.29 is 17.9 Å². The van der Waals surface area contributed by atoms with Crippen molar-refractivity contribution in [2.24, 2.45) is 0 Å². The highest BCUT2D eigenvalue weighted by molar-refractivity contribution is 7.93. The molecule has 0 radical (unpaired) electrons. The fraction of sp³-hybridized carbons (Fsp3) is 0.200. The Morgan fingerprint density at radius 3 is 2.48 bits per heavy atom. The summed E-state index contributed by atoms with van der Waals surface area (Å²) in [5.74, 6) is 0.346. The monoisotopic (exact) mass is 431 g/mol. The van der Waals surface area contributed by atoms with Crippen LogP contribution in [0.1, 0.15) is 16.8 Å². The summed E-state index contributed by atoms with van der Waals surface area (Å²) in [7, 11) is -2.26. The van der Waals surface area contributed by atoms with Crippen LogP contribution in [0.5, 0.6) is 5.75 Å². The number of hydrogen-bond acceptors (Lipinski definition) is 6. The van der Waals surface area contributed by atoms with E-state index in [0.29, 0.717) is 17.1 Å². The van der Waals surface area contributed by atoms with Crippen molar-refractivity contribution in [2.75, 3.05) is 17.1 Å². The summed E-state index contributed by atoms with van der Waals surface area (Å²) in [5.41, 5.74) is 3.44. The Labute approximate surface area is 173 Å². The molecule has 7 nitrogen and oxygen atoms in total. The van der Waals surface area contributed by atoms with Crippen LogP contribution in [-0.4, -0.2) is 26.4 Å². The zero-order chi connectivity index (χ0) is 21.0. The fourth-order valence-electron chi connectivity index (χ4n) is 2.55.